The molecule has 0 atom stereocenters. The number of aromatic nitrogens is 2. The Morgan fingerprint density at radius 3 is 2.48 bits per heavy atom. The third kappa shape index (κ3) is 4.20. The number of nitrogens with zero attached hydrogens (tertiary/aromatic N) is 3. The fraction of sp³-hybridized carbons (Fsp3) is 0.500. The molecule has 29 heavy (non-hydrogen) atoms. The second-order valence-corrected chi connectivity index (χ2v) is 9.34. The van der Waals surface area contributed by atoms with E-state index in [2.05, 4.69) is 10.4 Å². The molecule has 1 aliphatic rings. The average Bonchev–Trinajstić information content (AvgIpc) is 2.98. The molecular formula is C20H27FN4O3S. The molecule has 3 rings (SSSR count). The third-order valence-electron chi connectivity index (χ3n) is 5.42. The molecule has 1 saturated heterocycles. The van der Waals surface area contributed by atoms with E-state index in [0.717, 1.165) is 5.56 Å². The highest BCUT2D eigenvalue weighted by Gasteiger charge is 2.35. The molecule has 1 aromatic heterocycles. The number of rotatable bonds is 5. The van der Waals surface area contributed by atoms with Crippen LogP contribution in [0.2, 0.25) is 0 Å². The Balaban J connectivity index is 1.69. The molecule has 2 aromatic rings. The monoisotopic (exact) mass is 422 g/mol. The molecular weight excluding hydrogens is 395 g/mol. The van der Waals surface area contributed by atoms with E-state index in [4.69, 9.17) is 0 Å². The number of halogens is 1. The lowest BCUT2D eigenvalue weighted by Crippen LogP contribution is -2.41. The molecule has 0 bridgehead atoms. The van der Waals surface area contributed by atoms with Gasteiger partial charge >= 0.3 is 0 Å². The molecule has 0 unspecified atom stereocenters. The van der Waals surface area contributed by atoms with Crippen LogP contribution in [0.3, 0.4) is 0 Å². The molecule has 7 nitrogen and oxygen atoms in total. The van der Waals surface area contributed by atoms with Crippen molar-refractivity contribution in [1.82, 2.24) is 14.1 Å². The molecule has 0 aliphatic carbocycles. The fourth-order valence-corrected chi connectivity index (χ4v) is 5.66. The molecule has 9 heteroatoms. The van der Waals surface area contributed by atoms with E-state index in [-0.39, 0.29) is 35.5 Å². The lowest BCUT2D eigenvalue weighted by atomic mass is 9.97. The van der Waals surface area contributed by atoms with Crippen molar-refractivity contribution >= 4 is 21.6 Å². The van der Waals surface area contributed by atoms with Crippen LogP contribution in [0.5, 0.6) is 0 Å². The maximum atomic E-state index is 13.9. The summed E-state index contributed by atoms with van der Waals surface area (Å²) in [5.41, 5.74) is 2.11. The van der Waals surface area contributed by atoms with Crippen molar-refractivity contribution in [3.05, 3.63) is 41.0 Å². The summed E-state index contributed by atoms with van der Waals surface area (Å²) in [6.45, 7) is 8.27. The van der Waals surface area contributed by atoms with E-state index in [0.29, 0.717) is 30.8 Å². The number of carbonyl (C=O) groups is 1. The van der Waals surface area contributed by atoms with Gasteiger partial charge in [0.25, 0.3) is 0 Å². The second-order valence-electron chi connectivity index (χ2n) is 7.47. The standard InChI is InChI=1S/C20H27FN4O3S/c1-5-25-15(4)19(14(3)23-25)29(27,28)24-10-8-16(9-11-24)20(26)22-18-12-13(2)6-7-17(18)21/h6-7,12,16H,5,8-11H2,1-4H3,(H,22,26). The van der Waals surface area contributed by atoms with Crippen LogP contribution >= 0.6 is 0 Å². The van der Waals surface area contributed by atoms with Crippen LogP contribution < -0.4 is 5.32 Å². The Bertz CT molecular complexity index is 1020. The van der Waals surface area contributed by atoms with Gasteiger partial charge in [0.15, 0.2) is 0 Å². The minimum absolute atomic E-state index is 0.156. The fourth-order valence-electron chi connectivity index (χ4n) is 3.82. The van der Waals surface area contributed by atoms with E-state index in [1.807, 2.05) is 13.8 Å². The van der Waals surface area contributed by atoms with E-state index in [9.17, 15) is 17.6 Å². The summed E-state index contributed by atoms with van der Waals surface area (Å²) in [6, 6.07) is 4.55. The van der Waals surface area contributed by atoms with Crippen molar-refractivity contribution in [2.45, 2.75) is 52.0 Å². The lowest BCUT2D eigenvalue weighted by Gasteiger charge is -2.30. The van der Waals surface area contributed by atoms with Crippen LogP contribution in [0, 0.1) is 32.5 Å². The number of carbonyl (C=O) groups excluding carboxylic acids is 1. The maximum absolute atomic E-state index is 13.9. The number of hydrogen-bond acceptors (Lipinski definition) is 4. The van der Waals surface area contributed by atoms with Gasteiger partial charge in [-0.25, -0.2) is 12.8 Å². The Kier molecular flexibility index (Phi) is 6.09. The van der Waals surface area contributed by atoms with Gasteiger partial charge < -0.3 is 5.32 Å². The van der Waals surface area contributed by atoms with Crippen LogP contribution in [0.4, 0.5) is 10.1 Å². The molecule has 2 heterocycles. The van der Waals surface area contributed by atoms with Crippen molar-refractivity contribution < 1.29 is 17.6 Å². The second kappa shape index (κ2) is 8.23. The van der Waals surface area contributed by atoms with E-state index in [1.165, 1.54) is 10.4 Å². The van der Waals surface area contributed by atoms with Crippen molar-refractivity contribution in [3.63, 3.8) is 0 Å². The molecule has 1 N–H and O–H groups in total. The summed E-state index contributed by atoms with van der Waals surface area (Å²) in [5.74, 6) is -1.12. The lowest BCUT2D eigenvalue weighted by molar-refractivity contribution is -0.120. The molecule has 1 amide bonds. The summed E-state index contributed by atoms with van der Waals surface area (Å²) in [6.07, 6.45) is 0.775. The zero-order chi connectivity index (χ0) is 21.3. The van der Waals surface area contributed by atoms with Gasteiger partial charge in [-0.3, -0.25) is 9.48 Å². The molecule has 0 spiro atoms. The van der Waals surface area contributed by atoms with Gasteiger partial charge in [0.05, 0.1) is 17.1 Å². The van der Waals surface area contributed by atoms with Crippen molar-refractivity contribution in [3.8, 4) is 0 Å². The zero-order valence-electron chi connectivity index (χ0n) is 17.2. The highest BCUT2D eigenvalue weighted by atomic mass is 32.2. The van der Waals surface area contributed by atoms with Crippen LogP contribution in [0.1, 0.15) is 36.7 Å². The number of sulfonamides is 1. The highest BCUT2D eigenvalue weighted by Crippen LogP contribution is 2.28. The number of aryl methyl sites for hydroxylation is 3. The Morgan fingerprint density at radius 1 is 1.24 bits per heavy atom. The molecule has 0 radical (unpaired) electrons. The van der Waals surface area contributed by atoms with Gasteiger partial charge in [0, 0.05) is 25.6 Å². The van der Waals surface area contributed by atoms with E-state index >= 15 is 0 Å². The van der Waals surface area contributed by atoms with Gasteiger partial charge in [0.2, 0.25) is 15.9 Å². The number of nitrogens with one attached hydrogen (secondary N) is 1. The first-order valence-corrected chi connectivity index (χ1v) is 11.2. The van der Waals surface area contributed by atoms with Crippen molar-refractivity contribution in [2.24, 2.45) is 5.92 Å². The topological polar surface area (TPSA) is 84.3 Å². The van der Waals surface area contributed by atoms with Gasteiger partial charge in [-0.1, -0.05) is 6.07 Å². The Labute approximate surface area is 171 Å². The molecule has 1 aliphatic heterocycles. The smallest absolute Gasteiger partial charge is 0.246 e. The van der Waals surface area contributed by atoms with Crippen LogP contribution in [0.25, 0.3) is 0 Å². The predicted octanol–water partition coefficient (Wildman–Crippen LogP) is 3.01. The van der Waals surface area contributed by atoms with Crippen molar-refractivity contribution in [1.29, 1.82) is 0 Å². The first kappa shape index (κ1) is 21.4. The zero-order valence-corrected chi connectivity index (χ0v) is 18.0. The summed E-state index contributed by atoms with van der Waals surface area (Å²) in [4.78, 5) is 12.8. The van der Waals surface area contributed by atoms with E-state index in [1.54, 1.807) is 30.7 Å². The van der Waals surface area contributed by atoms with Crippen LogP contribution in [0.15, 0.2) is 23.1 Å². The normalized spacial score (nSPS) is 16.2. The summed E-state index contributed by atoms with van der Waals surface area (Å²) < 4.78 is 43.3. The van der Waals surface area contributed by atoms with Gasteiger partial charge in [0.1, 0.15) is 10.7 Å². The molecule has 158 valence electrons. The summed E-state index contributed by atoms with van der Waals surface area (Å²) in [5, 5.41) is 6.95. The molecule has 0 saturated carbocycles. The SMILES string of the molecule is CCn1nc(C)c(S(=O)(=O)N2CCC(C(=O)Nc3cc(C)ccc3F)CC2)c1C. The predicted molar refractivity (Wildman–Crippen MR) is 109 cm³/mol. The van der Waals surface area contributed by atoms with Crippen LogP contribution in [-0.4, -0.2) is 41.5 Å². The quantitative estimate of drug-likeness (QED) is 0.803. The number of benzene rings is 1. The minimum atomic E-state index is -3.67. The Hall–Kier alpha value is -2.26. The summed E-state index contributed by atoms with van der Waals surface area (Å²) in [7, 11) is -3.67. The number of hydrogen-bond donors (Lipinski definition) is 1. The Morgan fingerprint density at radius 2 is 1.90 bits per heavy atom. The highest BCUT2D eigenvalue weighted by molar-refractivity contribution is 7.89. The number of amides is 1. The average molecular weight is 423 g/mol. The number of piperidine rings is 1. The number of anilines is 1. The first-order valence-electron chi connectivity index (χ1n) is 9.76. The molecule has 1 fully saturated rings. The van der Waals surface area contributed by atoms with Gasteiger partial charge in [-0.15, -0.1) is 0 Å². The van der Waals surface area contributed by atoms with E-state index < -0.39 is 15.8 Å². The maximum Gasteiger partial charge on any atom is 0.246 e. The first-order chi connectivity index (χ1) is 13.6. The third-order valence-corrected chi connectivity index (χ3v) is 7.57. The van der Waals surface area contributed by atoms with Gasteiger partial charge in [-0.05, 0) is 58.2 Å². The largest absolute Gasteiger partial charge is 0.323 e. The summed E-state index contributed by atoms with van der Waals surface area (Å²) >= 11 is 0. The van der Waals surface area contributed by atoms with Gasteiger partial charge in [-0.2, -0.15) is 9.40 Å². The minimum Gasteiger partial charge on any atom is -0.323 e. The van der Waals surface area contributed by atoms with Crippen LogP contribution in [-0.2, 0) is 21.4 Å². The van der Waals surface area contributed by atoms with Crippen molar-refractivity contribution in [2.75, 3.05) is 18.4 Å². The molecule has 1 aromatic carbocycles.